The predicted octanol–water partition coefficient (Wildman–Crippen LogP) is 3.94. The first kappa shape index (κ1) is 14.7. The number of aromatic nitrogens is 1. The lowest BCUT2D eigenvalue weighted by atomic mass is 10.00. The highest BCUT2D eigenvalue weighted by atomic mass is 79.9. The van der Waals surface area contributed by atoms with Gasteiger partial charge in [-0.3, -0.25) is 4.79 Å². The van der Waals surface area contributed by atoms with Crippen molar-refractivity contribution >= 4 is 27.5 Å². The number of hydrogen-bond acceptors (Lipinski definition) is 3. The first-order valence-corrected chi connectivity index (χ1v) is 7.52. The zero-order valence-corrected chi connectivity index (χ0v) is 12.9. The molecule has 2 N–H and O–H groups in total. The second-order valence-corrected chi connectivity index (χ2v) is 5.61. The van der Waals surface area contributed by atoms with Gasteiger partial charge in [0.2, 0.25) is 0 Å². The molecule has 4 heteroatoms. The van der Waals surface area contributed by atoms with E-state index in [9.17, 15) is 4.79 Å². The van der Waals surface area contributed by atoms with E-state index in [0.717, 1.165) is 18.4 Å². The van der Waals surface area contributed by atoms with E-state index in [4.69, 9.17) is 5.73 Å². The Hall–Kier alpha value is -1.68. The number of Topliss-reactive ketones (excluding diaryl/α,β-unsaturated/α-hetero) is 1. The maximum absolute atomic E-state index is 12.5. The molecule has 1 unspecified atom stereocenters. The number of benzene rings is 1. The van der Waals surface area contributed by atoms with E-state index in [2.05, 4.69) is 27.8 Å². The zero-order valence-electron chi connectivity index (χ0n) is 11.3. The number of alkyl halides is 1. The molecule has 3 nitrogen and oxygen atoms in total. The summed E-state index contributed by atoms with van der Waals surface area (Å²) in [4.78, 5) is 16.0. The summed E-state index contributed by atoms with van der Waals surface area (Å²) >= 11 is 3.45. The van der Waals surface area contributed by atoms with Gasteiger partial charge in [0.1, 0.15) is 10.6 Å². The Kier molecular flexibility index (Phi) is 4.90. The Balaban J connectivity index is 2.24. The van der Waals surface area contributed by atoms with E-state index in [0.29, 0.717) is 11.4 Å². The quantitative estimate of drug-likeness (QED) is 0.666. The monoisotopic (exact) mass is 332 g/mol. The van der Waals surface area contributed by atoms with Crippen molar-refractivity contribution in [3.05, 3.63) is 59.3 Å². The van der Waals surface area contributed by atoms with Crippen LogP contribution in [0.4, 0.5) is 5.82 Å². The molecule has 0 spiro atoms. The van der Waals surface area contributed by atoms with Crippen LogP contribution >= 0.6 is 15.9 Å². The molecule has 0 saturated heterocycles. The number of halogens is 1. The molecule has 2 aromatic rings. The molecule has 0 aliphatic carbocycles. The van der Waals surface area contributed by atoms with Crippen molar-refractivity contribution in [2.45, 2.75) is 24.6 Å². The average Bonchev–Trinajstić information content (AvgIpc) is 2.46. The second-order valence-electron chi connectivity index (χ2n) is 4.69. The van der Waals surface area contributed by atoms with Crippen molar-refractivity contribution < 1.29 is 4.79 Å². The van der Waals surface area contributed by atoms with Gasteiger partial charge >= 0.3 is 0 Å². The van der Waals surface area contributed by atoms with Gasteiger partial charge in [0.15, 0.2) is 5.78 Å². The molecule has 0 saturated carbocycles. The Morgan fingerprint density at radius 2 is 2.15 bits per heavy atom. The number of carbonyl (C=O) groups is 1. The molecule has 1 heterocycles. The van der Waals surface area contributed by atoms with Crippen LogP contribution in [0.2, 0.25) is 0 Å². The molecule has 0 radical (unpaired) electrons. The molecule has 1 aromatic heterocycles. The second kappa shape index (κ2) is 6.66. The fourth-order valence-electron chi connectivity index (χ4n) is 2.09. The Morgan fingerprint density at radius 1 is 1.35 bits per heavy atom. The van der Waals surface area contributed by atoms with E-state index < -0.39 is 4.83 Å². The van der Waals surface area contributed by atoms with Crippen molar-refractivity contribution in [2.24, 2.45) is 0 Å². The molecule has 2 rings (SSSR count). The van der Waals surface area contributed by atoms with Gasteiger partial charge in [-0.25, -0.2) is 4.98 Å². The average molecular weight is 333 g/mol. The van der Waals surface area contributed by atoms with E-state index >= 15 is 0 Å². The topological polar surface area (TPSA) is 56.0 Å². The van der Waals surface area contributed by atoms with Crippen LogP contribution in [-0.2, 0) is 6.42 Å². The lowest BCUT2D eigenvalue weighted by molar-refractivity contribution is 0.0991. The van der Waals surface area contributed by atoms with Crippen LogP contribution in [0.15, 0.2) is 42.6 Å². The van der Waals surface area contributed by atoms with Crippen molar-refractivity contribution in [1.82, 2.24) is 4.98 Å². The third-order valence-electron chi connectivity index (χ3n) is 3.08. The summed E-state index contributed by atoms with van der Waals surface area (Å²) in [5, 5.41) is 0. The molecular formula is C16H17BrN2O. The van der Waals surface area contributed by atoms with Crippen molar-refractivity contribution in [3.63, 3.8) is 0 Å². The molecule has 0 aliphatic rings. The van der Waals surface area contributed by atoms with Crippen molar-refractivity contribution in [1.29, 1.82) is 0 Å². The molecule has 0 amide bonds. The Labute approximate surface area is 127 Å². The molecule has 0 aliphatic heterocycles. The zero-order chi connectivity index (χ0) is 14.5. The first-order valence-electron chi connectivity index (χ1n) is 6.60. The first-order chi connectivity index (χ1) is 9.61. The van der Waals surface area contributed by atoms with Crippen LogP contribution in [0.3, 0.4) is 0 Å². The smallest absolute Gasteiger partial charge is 0.180 e. The molecule has 0 fully saturated rings. The highest BCUT2D eigenvalue weighted by Gasteiger charge is 2.19. The van der Waals surface area contributed by atoms with Gasteiger partial charge in [-0.1, -0.05) is 47.5 Å². The number of nitrogens with two attached hydrogens (primary N) is 1. The van der Waals surface area contributed by atoms with Gasteiger partial charge in [-0.05, 0) is 35.7 Å². The van der Waals surface area contributed by atoms with E-state index in [1.165, 1.54) is 5.56 Å². The normalized spacial score (nSPS) is 12.1. The summed E-state index contributed by atoms with van der Waals surface area (Å²) < 4.78 is 0. The van der Waals surface area contributed by atoms with Gasteiger partial charge in [0.25, 0.3) is 0 Å². The summed E-state index contributed by atoms with van der Waals surface area (Å²) in [6.07, 6.45) is 3.66. The largest absolute Gasteiger partial charge is 0.384 e. The van der Waals surface area contributed by atoms with E-state index in [1.807, 2.05) is 24.3 Å². The van der Waals surface area contributed by atoms with Crippen LogP contribution in [0, 0.1) is 0 Å². The number of carbonyl (C=O) groups excluding carboxylic acids is 1. The summed E-state index contributed by atoms with van der Waals surface area (Å²) in [5.74, 6) is 0.452. The minimum absolute atomic E-state index is 0.0357. The van der Waals surface area contributed by atoms with Crippen molar-refractivity contribution in [2.75, 3.05) is 5.73 Å². The SMILES string of the molecule is CCCc1cccc(C(=O)C(Br)c2ccnc(N)c2)c1. The molecule has 1 aromatic carbocycles. The minimum atomic E-state index is -0.398. The number of rotatable bonds is 5. The van der Waals surface area contributed by atoms with Gasteiger partial charge < -0.3 is 5.73 Å². The van der Waals surface area contributed by atoms with Gasteiger partial charge in [0.05, 0.1) is 0 Å². The van der Waals surface area contributed by atoms with Crippen molar-refractivity contribution in [3.8, 4) is 0 Å². The Bertz CT molecular complexity index is 613. The van der Waals surface area contributed by atoms with Crippen LogP contribution in [-0.4, -0.2) is 10.8 Å². The maximum Gasteiger partial charge on any atom is 0.180 e. The number of aryl methyl sites for hydroxylation is 1. The lowest BCUT2D eigenvalue weighted by Gasteiger charge is -2.10. The number of nitrogens with zero attached hydrogens (tertiary/aromatic N) is 1. The molecule has 20 heavy (non-hydrogen) atoms. The highest BCUT2D eigenvalue weighted by molar-refractivity contribution is 9.09. The Morgan fingerprint density at radius 3 is 2.85 bits per heavy atom. The molecular weight excluding hydrogens is 316 g/mol. The van der Waals surface area contributed by atoms with E-state index in [-0.39, 0.29) is 5.78 Å². The van der Waals surface area contributed by atoms with Gasteiger partial charge in [-0.2, -0.15) is 0 Å². The third kappa shape index (κ3) is 3.45. The van der Waals surface area contributed by atoms with Gasteiger partial charge in [0, 0.05) is 11.8 Å². The highest BCUT2D eigenvalue weighted by Crippen LogP contribution is 2.28. The standard InChI is InChI=1S/C16H17BrN2O/c1-2-4-11-5-3-6-13(9-11)16(20)15(17)12-7-8-19-14(18)10-12/h3,5-10,15H,2,4H2,1H3,(H2,18,19). The number of anilines is 1. The molecule has 1 atom stereocenters. The summed E-state index contributed by atoms with van der Waals surface area (Å²) in [5.41, 5.74) is 8.38. The fourth-order valence-corrected chi connectivity index (χ4v) is 2.64. The minimum Gasteiger partial charge on any atom is -0.384 e. The summed E-state index contributed by atoms with van der Waals surface area (Å²) in [7, 11) is 0. The fraction of sp³-hybridized carbons (Fsp3) is 0.250. The third-order valence-corrected chi connectivity index (χ3v) is 4.02. The number of nitrogen functional groups attached to an aromatic ring is 1. The number of hydrogen-bond donors (Lipinski definition) is 1. The van der Waals surface area contributed by atoms with Crippen LogP contribution in [0.5, 0.6) is 0 Å². The summed E-state index contributed by atoms with van der Waals surface area (Å²) in [6, 6.07) is 11.3. The predicted molar refractivity (Wildman–Crippen MR) is 85.1 cm³/mol. The molecule has 0 bridgehead atoms. The van der Waals surface area contributed by atoms with E-state index in [1.54, 1.807) is 18.3 Å². The number of ketones is 1. The van der Waals surface area contributed by atoms with Gasteiger partial charge in [-0.15, -0.1) is 0 Å². The van der Waals surface area contributed by atoms with Crippen LogP contribution in [0.1, 0.15) is 39.7 Å². The lowest BCUT2D eigenvalue weighted by Crippen LogP contribution is -2.08. The molecule has 104 valence electrons. The maximum atomic E-state index is 12.5. The summed E-state index contributed by atoms with van der Waals surface area (Å²) in [6.45, 7) is 2.13. The van der Waals surface area contributed by atoms with Crippen LogP contribution < -0.4 is 5.73 Å². The number of pyridine rings is 1. The van der Waals surface area contributed by atoms with Crippen LogP contribution in [0.25, 0.3) is 0 Å².